The van der Waals surface area contributed by atoms with Gasteiger partial charge in [0.1, 0.15) is 17.6 Å². The molecule has 2 rings (SSSR count). The summed E-state index contributed by atoms with van der Waals surface area (Å²) in [6.45, 7) is 4.82. The lowest BCUT2D eigenvalue weighted by Crippen LogP contribution is -2.41. The van der Waals surface area contributed by atoms with E-state index in [1.165, 1.54) is 12.8 Å². The summed E-state index contributed by atoms with van der Waals surface area (Å²) in [5, 5.41) is 10.7. The third-order valence-corrected chi connectivity index (χ3v) is 4.85. The molecule has 0 saturated heterocycles. The van der Waals surface area contributed by atoms with Crippen LogP contribution in [-0.2, 0) is 6.42 Å². The lowest BCUT2D eigenvalue weighted by Gasteiger charge is -2.42. The lowest BCUT2D eigenvalue weighted by molar-refractivity contribution is -0.0288. The van der Waals surface area contributed by atoms with Crippen molar-refractivity contribution in [2.24, 2.45) is 17.1 Å². The van der Waals surface area contributed by atoms with Crippen molar-refractivity contribution < 1.29 is 9.52 Å². The maximum atomic E-state index is 10.7. The second kappa shape index (κ2) is 6.10. The normalized spacial score (nSPS) is 29.4. The molecule has 108 valence electrons. The highest BCUT2D eigenvalue weighted by molar-refractivity contribution is 5.13. The number of aliphatic hydroxyl groups is 1. The van der Waals surface area contributed by atoms with Gasteiger partial charge in [0.05, 0.1) is 0 Å². The maximum Gasteiger partial charge on any atom is 0.133 e. The summed E-state index contributed by atoms with van der Waals surface area (Å²) in [4.78, 5) is 0. The van der Waals surface area contributed by atoms with E-state index in [0.29, 0.717) is 18.2 Å². The van der Waals surface area contributed by atoms with Crippen LogP contribution < -0.4 is 5.73 Å². The van der Waals surface area contributed by atoms with Crippen molar-refractivity contribution in [1.29, 1.82) is 0 Å². The van der Waals surface area contributed by atoms with Crippen LogP contribution in [0.1, 0.15) is 63.6 Å². The zero-order chi connectivity index (χ0) is 13.9. The molecule has 3 unspecified atom stereocenters. The van der Waals surface area contributed by atoms with Gasteiger partial charge in [-0.05, 0) is 30.9 Å². The SMILES string of the molecule is CCc1ccc(C(O)C2(CN)CCCC(CC)C2)o1. The van der Waals surface area contributed by atoms with E-state index >= 15 is 0 Å². The number of hydrogen-bond acceptors (Lipinski definition) is 3. The van der Waals surface area contributed by atoms with Crippen LogP contribution in [0.15, 0.2) is 16.5 Å². The average Bonchev–Trinajstić information content (AvgIpc) is 2.95. The zero-order valence-corrected chi connectivity index (χ0v) is 12.2. The van der Waals surface area contributed by atoms with Crippen LogP contribution in [0.2, 0.25) is 0 Å². The molecule has 1 aliphatic rings. The van der Waals surface area contributed by atoms with Crippen molar-refractivity contribution in [1.82, 2.24) is 0 Å². The van der Waals surface area contributed by atoms with Gasteiger partial charge in [-0.2, -0.15) is 0 Å². The number of rotatable bonds is 5. The summed E-state index contributed by atoms with van der Waals surface area (Å²) in [6.07, 6.45) is 5.92. The van der Waals surface area contributed by atoms with E-state index in [-0.39, 0.29) is 5.41 Å². The molecule has 3 N–H and O–H groups in total. The second-order valence-electron chi connectivity index (χ2n) is 6.00. The molecule has 1 saturated carbocycles. The Labute approximate surface area is 116 Å². The van der Waals surface area contributed by atoms with Gasteiger partial charge < -0.3 is 15.3 Å². The molecule has 0 amide bonds. The van der Waals surface area contributed by atoms with Crippen molar-refractivity contribution in [3.05, 3.63) is 23.7 Å². The summed E-state index contributed by atoms with van der Waals surface area (Å²) < 4.78 is 5.74. The molecule has 1 aliphatic carbocycles. The minimum absolute atomic E-state index is 0.193. The van der Waals surface area contributed by atoms with Gasteiger partial charge in [-0.15, -0.1) is 0 Å². The molecule has 3 atom stereocenters. The quantitative estimate of drug-likeness (QED) is 0.857. The summed E-state index contributed by atoms with van der Waals surface area (Å²) in [5.41, 5.74) is 5.84. The van der Waals surface area contributed by atoms with Gasteiger partial charge in [0.15, 0.2) is 0 Å². The fourth-order valence-corrected chi connectivity index (χ4v) is 3.45. The third kappa shape index (κ3) is 2.87. The fraction of sp³-hybridized carbons (Fsp3) is 0.750. The Kier molecular flexibility index (Phi) is 4.69. The number of nitrogens with two attached hydrogens (primary N) is 1. The van der Waals surface area contributed by atoms with Crippen LogP contribution >= 0.6 is 0 Å². The van der Waals surface area contributed by atoms with E-state index in [0.717, 1.165) is 31.4 Å². The van der Waals surface area contributed by atoms with Crippen LogP contribution in [0.25, 0.3) is 0 Å². The van der Waals surface area contributed by atoms with E-state index in [4.69, 9.17) is 10.2 Å². The summed E-state index contributed by atoms with van der Waals surface area (Å²) in [6, 6.07) is 3.87. The highest BCUT2D eigenvalue weighted by Gasteiger charge is 2.42. The van der Waals surface area contributed by atoms with Crippen LogP contribution in [0.5, 0.6) is 0 Å². The van der Waals surface area contributed by atoms with E-state index in [1.54, 1.807) is 0 Å². The van der Waals surface area contributed by atoms with E-state index in [2.05, 4.69) is 13.8 Å². The molecule has 1 aromatic heterocycles. The van der Waals surface area contributed by atoms with Gasteiger partial charge in [-0.1, -0.05) is 33.1 Å². The molecule has 1 heterocycles. The Morgan fingerprint density at radius 2 is 2.26 bits per heavy atom. The van der Waals surface area contributed by atoms with E-state index in [9.17, 15) is 5.11 Å². The van der Waals surface area contributed by atoms with Crippen molar-refractivity contribution >= 4 is 0 Å². The Morgan fingerprint density at radius 1 is 1.47 bits per heavy atom. The van der Waals surface area contributed by atoms with E-state index in [1.807, 2.05) is 12.1 Å². The Balaban J connectivity index is 2.19. The molecular formula is C16H27NO2. The minimum atomic E-state index is -0.563. The van der Waals surface area contributed by atoms with Gasteiger partial charge in [0.25, 0.3) is 0 Å². The molecule has 0 radical (unpaired) electrons. The molecular weight excluding hydrogens is 238 g/mol. The van der Waals surface area contributed by atoms with Gasteiger partial charge in [0.2, 0.25) is 0 Å². The molecule has 0 aromatic carbocycles. The smallest absolute Gasteiger partial charge is 0.133 e. The molecule has 19 heavy (non-hydrogen) atoms. The van der Waals surface area contributed by atoms with Crippen molar-refractivity contribution in [3.8, 4) is 0 Å². The largest absolute Gasteiger partial charge is 0.463 e. The Morgan fingerprint density at radius 3 is 2.84 bits per heavy atom. The predicted molar refractivity (Wildman–Crippen MR) is 76.8 cm³/mol. The molecule has 3 nitrogen and oxygen atoms in total. The van der Waals surface area contributed by atoms with Crippen LogP contribution in [-0.4, -0.2) is 11.7 Å². The van der Waals surface area contributed by atoms with E-state index < -0.39 is 6.10 Å². The molecule has 1 fully saturated rings. The monoisotopic (exact) mass is 265 g/mol. The number of aryl methyl sites for hydroxylation is 1. The summed E-state index contributed by atoms with van der Waals surface area (Å²) in [5.74, 6) is 2.32. The average molecular weight is 265 g/mol. The number of furan rings is 1. The first kappa shape index (κ1) is 14.6. The standard InChI is InChI=1S/C16H27NO2/c1-3-12-6-5-9-16(10-12,11-17)15(18)14-8-7-13(4-2)19-14/h7-8,12,15,18H,3-6,9-11,17H2,1-2H3. The first-order valence-electron chi connectivity index (χ1n) is 7.62. The van der Waals surface area contributed by atoms with Gasteiger partial charge in [-0.25, -0.2) is 0 Å². The fourth-order valence-electron chi connectivity index (χ4n) is 3.45. The maximum absolute atomic E-state index is 10.7. The van der Waals surface area contributed by atoms with Gasteiger partial charge in [-0.3, -0.25) is 0 Å². The highest BCUT2D eigenvalue weighted by Crippen LogP contribution is 2.48. The highest BCUT2D eigenvalue weighted by atomic mass is 16.4. The predicted octanol–water partition coefficient (Wildman–Crippen LogP) is 3.42. The van der Waals surface area contributed by atoms with Crippen LogP contribution in [0.3, 0.4) is 0 Å². The topological polar surface area (TPSA) is 59.4 Å². The molecule has 0 spiro atoms. The first-order chi connectivity index (χ1) is 9.15. The van der Waals surface area contributed by atoms with Crippen LogP contribution in [0, 0.1) is 11.3 Å². The Hall–Kier alpha value is -0.800. The number of aliphatic hydroxyl groups excluding tert-OH is 1. The molecule has 1 aromatic rings. The van der Waals surface area contributed by atoms with Gasteiger partial charge in [0, 0.05) is 18.4 Å². The first-order valence-corrected chi connectivity index (χ1v) is 7.62. The summed E-state index contributed by atoms with van der Waals surface area (Å²) >= 11 is 0. The van der Waals surface area contributed by atoms with Crippen molar-refractivity contribution in [2.75, 3.05) is 6.54 Å². The lowest BCUT2D eigenvalue weighted by atomic mass is 9.65. The molecule has 0 aliphatic heterocycles. The van der Waals surface area contributed by atoms with Crippen LogP contribution in [0.4, 0.5) is 0 Å². The van der Waals surface area contributed by atoms with Crippen molar-refractivity contribution in [3.63, 3.8) is 0 Å². The molecule has 0 bridgehead atoms. The van der Waals surface area contributed by atoms with Crippen molar-refractivity contribution in [2.45, 2.75) is 58.5 Å². The van der Waals surface area contributed by atoms with Gasteiger partial charge >= 0.3 is 0 Å². The zero-order valence-electron chi connectivity index (χ0n) is 12.2. The molecule has 3 heteroatoms. The minimum Gasteiger partial charge on any atom is -0.463 e. The second-order valence-corrected chi connectivity index (χ2v) is 6.00. The third-order valence-electron chi connectivity index (χ3n) is 4.85. The number of hydrogen-bond donors (Lipinski definition) is 2. The Bertz CT molecular complexity index is 401. The summed E-state index contributed by atoms with van der Waals surface area (Å²) in [7, 11) is 0.